The fourth-order valence-electron chi connectivity index (χ4n) is 3.23. The van der Waals surface area contributed by atoms with Crippen LogP contribution in [0.25, 0.3) is 0 Å². The summed E-state index contributed by atoms with van der Waals surface area (Å²) in [6, 6.07) is 12.0. The molecule has 0 saturated heterocycles. The van der Waals surface area contributed by atoms with Gasteiger partial charge in [0.2, 0.25) is 0 Å². The second kappa shape index (κ2) is 15.8. The zero-order valence-electron chi connectivity index (χ0n) is 20.3. The number of aryl methyl sites for hydroxylation is 2. The minimum absolute atomic E-state index is 0.378. The van der Waals surface area contributed by atoms with Gasteiger partial charge in [-0.25, -0.2) is 0 Å². The van der Waals surface area contributed by atoms with Gasteiger partial charge in [0.1, 0.15) is 37.6 Å². The Kier molecular flexibility index (Phi) is 12.5. The number of nitrogens with zero attached hydrogens (tertiary/aromatic N) is 1. The molecule has 0 unspecified atom stereocenters. The van der Waals surface area contributed by atoms with E-state index in [0.717, 1.165) is 59.8 Å². The highest BCUT2D eigenvalue weighted by atomic mass is 16.6. The van der Waals surface area contributed by atoms with Gasteiger partial charge in [0.15, 0.2) is 0 Å². The van der Waals surface area contributed by atoms with Crippen molar-refractivity contribution in [2.75, 3.05) is 33.5 Å². The van der Waals surface area contributed by atoms with E-state index in [1.54, 1.807) is 6.21 Å². The van der Waals surface area contributed by atoms with Crippen molar-refractivity contribution in [1.29, 1.82) is 0 Å². The topological polar surface area (TPSA) is 58.5 Å². The molecule has 2 aromatic rings. The Labute approximate surface area is 198 Å². The molecular formula is C27H37NO5. The van der Waals surface area contributed by atoms with Gasteiger partial charge >= 0.3 is 0 Å². The summed E-state index contributed by atoms with van der Waals surface area (Å²) in [5, 5.41) is 3.63. The summed E-state index contributed by atoms with van der Waals surface area (Å²) in [4.78, 5) is 4.59. The first-order chi connectivity index (χ1) is 16.1. The van der Waals surface area contributed by atoms with E-state index in [9.17, 15) is 0 Å². The summed E-state index contributed by atoms with van der Waals surface area (Å²) in [5.41, 5.74) is 3.34. The molecule has 0 fully saturated rings. The van der Waals surface area contributed by atoms with Crippen molar-refractivity contribution in [1.82, 2.24) is 0 Å². The van der Waals surface area contributed by atoms with Crippen LogP contribution in [0.3, 0.4) is 0 Å². The van der Waals surface area contributed by atoms with Crippen LogP contribution in [-0.2, 0) is 16.2 Å². The van der Waals surface area contributed by atoms with E-state index in [4.69, 9.17) is 18.9 Å². The highest BCUT2D eigenvalue weighted by molar-refractivity contribution is 5.58. The van der Waals surface area contributed by atoms with Gasteiger partial charge in [0.25, 0.3) is 0 Å². The predicted molar refractivity (Wildman–Crippen MR) is 133 cm³/mol. The number of unbranched alkanes of at least 4 members (excludes halogenated alkanes) is 2. The molecule has 0 amide bonds. The van der Waals surface area contributed by atoms with Gasteiger partial charge in [-0.15, -0.1) is 0 Å². The van der Waals surface area contributed by atoms with Gasteiger partial charge in [-0.05, 0) is 81.0 Å². The molecule has 0 aromatic heterocycles. The van der Waals surface area contributed by atoms with Crippen molar-refractivity contribution in [3.63, 3.8) is 0 Å². The smallest absolute Gasteiger partial charge is 0.127 e. The molecular weight excluding hydrogens is 418 g/mol. The Morgan fingerprint density at radius 2 is 1.52 bits per heavy atom. The van der Waals surface area contributed by atoms with Gasteiger partial charge in [0.05, 0.1) is 19.4 Å². The third-order valence-corrected chi connectivity index (χ3v) is 4.89. The summed E-state index contributed by atoms with van der Waals surface area (Å²) in [6.07, 6.45) is 8.63. The van der Waals surface area contributed by atoms with Crippen LogP contribution < -0.4 is 14.2 Å². The fraction of sp³-hybridized carbons (Fsp3) is 0.444. The monoisotopic (exact) mass is 455 g/mol. The molecule has 180 valence electrons. The maximum absolute atomic E-state index is 6.04. The molecule has 0 radical (unpaired) electrons. The molecule has 33 heavy (non-hydrogen) atoms. The Morgan fingerprint density at radius 1 is 0.818 bits per heavy atom. The standard InChI is InChI=1S/C27H37NO5/c1-5-6-16-31-26-19-22(2)27(23(3)20-26)33-17-9-7-8-15-30-21-24-10-12-25(13-11-24)32-18-14-28-29-4/h5-6,10-14,19-20H,7-9,15-18,21H2,1-4H3/b6-5+,28-14+. The van der Waals surface area contributed by atoms with Crippen LogP contribution in [0.15, 0.2) is 53.7 Å². The molecule has 2 aromatic carbocycles. The third-order valence-electron chi connectivity index (χ3n) is 4.89. The number of allylic oxidation sites excluding steroid dienone is 1. The number of benzene rings is 2. The van der Waals surface area contributed by atoms with Crippen LogP contribution in [0.2, 0.25) is 0 Å². The molecule has 0 aliphatic carbocycles. The number of ether oxygens (including phenoxy) is 4. The first-order valence-corrected chi connectivity index (χ1v) is 11.5. The molecule has 0 saturated carbocycles. The summed E-state index contributed by atoms with van der Waals surface area (Å²) >= 11 is 0. The highest BCUT2D eigenvalue weighted by Gasteiger charge is 2.07. The predicted octanol–water partition coefficient (Wildman–Crippen LogP) is 6.04. The van der Waals surface area contributed by atoms with E-state index in [-0.39, 0.29) is 0 Å². The zero-order valence-corrected chi connectivity index (χ0v) is 20.3. The van der Waals surface area contributed by atoms with Crippen molar-refractivity contribution in [3.05, 3.63) is 65.2 Å². The minimum Gasteiger partial charge on any atom is -0.493 e. The van der Waals surface area contributed by atoms with E-state index in [0.29, 0.717) is 26.4 Å². The Morgan fingerprint density at radius 3 is 2.21 bits per heavy atom. The Balaban J connectivity index is 1.57. The van der Waals surface area contributed by atoms with Crippen LogP contribution in [0.4, 0.5) is 0 Å². The van der Waals surface area contributed by atoms with Crippen LogP contribution in [0.5, 0.6) is 17.2 Å². The van der Waals surface area contributed by atoms with Crippen molar-refractivity contribution in [3.8, 4) is 17.2 Å². The average Bonchev–Trinajstić information content (AvgIpc) is 2.81. The van der Waals surface area contributed by atoms with Crippen LogP contribution in [-0.4, -0.2) is 39.8 Å². The normalized spacial score (nSPS) is 11.3. The second-order valence-electron chi connectivity index (χ2n) is 7.65. The molecule has 6 heteroatoms. The molecule has 0 spiro atoms. The van der Waals surface area contributed by atoms with Crippen molar-refractivity contribution < 1.29 is 23.8 Å². The molecule has 6 nitrogen and oxygen atoms in total. The lowest BCUT2D eigenvalue weighted by molar-refractivity contribution is 0.115. The maximum atomic E-state index is 6.04. The summed E-state index contributed by atoms with van der Waals surface area (Å²) < 4.78 is 23.1. The number of hydrogen-bond acceptors (Lipinski definition) is 6. The minimum atomic E-state index is 0.378. The van der Waals surface area contributed by atoms with Crippen LogP contribution in [0.1, 0.15) is 42.9 Å². The Bertz CT molecular complexity index is 838. The van der Waals surface area contributed by atoms with Crippen molar-refractivity contribution in [2.24, 2.45) is 5.16 Å². The lowest BCUT2D eigenvalue weighted by Crippen LogP contribution is -2.03. The van der Waals surface area contributed by atoms with Gasteiger partial charge in [0, 0.05) is 6.61 Å². The highest BCUT2D eigenvalue weighted by Crippen LogP contribution is 2.28. The van der Waals surface area contributed by atoms with Gasteiger partial charge in [-0.1, -0.05) is 29.4 Å². The molecule has 0 heterocycles. The van der Waals surface area contributed by atoms with E-state index in [1.807, 2.05) is 55.5 Å². The zero-order chi connectivity index (χ0) is 23.7. The third kappa shape index (κ3) is 10.4. The van der Waals surface area contributed by atoms with Crippen LogP contribution in [0, 0.1) is 13.8 Å². The number of oxime groups is 1. The molecule has 0 atom stereocenters. The maximum Gasteiger partial charge on any atom is 0.127 e. The molecule has 0 N–H and O–H groups in total. The van der Waals surface area contributed by atoms with E-state index in [2.05, 4.69) is 23.8 Å². The fourth-order valence-corrected chi connectivity index (χ4v) is 3.23. The van der Waals surface area contributed by atoms with Gasteiger partial charge in [-0.3, -0.25) is 0 Å². The number of rotatable bonds is 16. The van der Waals surface area contributed by atoms with E-state index in [1.165, 1.54) is 7.11 Å². The SMILES string of the molecule is C/C=C/COc1cc(C)c(OCCCCCOCc2ccc(OC/C=N/OC)cc2)c(C)c1. The summed E-state index contributed by atoms with van der Waals surface area (Å²) in [7, 11) is 1.50. The van der Waals surface area contributed by atoms with Crippen molar-refractivity contribution in [2.45, 2.75) is 46.6 Å². The molecule has 0 aliphatic heterocycles. The van der Waals surface area contributed by atoms with E-state index < -0.39 is 0 Å². The summed E-state index contributed by atoms with van der Waals surface area (Å²) in [5.74, 6) is 2.64. The van der Waals surface area contributed by atoms with Crippen molar-refractivity contribution >= 4 is 6.21 Å². The molecule has 2 rings (SSSR count). The lowest BCUT2D eigenvalue weighted by Gasteiger charge is -2.14. The molecule has 0 bridgehead atoms. The van der Waals surface area contributed by atoms with Gasteiger partial charge in [-0.2, -0.15) is 0 Å². The number of hydrogen-bond donors (Lipinski definition) is 0. The quantitative estimate of drug-likeness (QED) is 0.134. The first-order valence-electron chi connectivity index (χ1n) is 11.5. The molecule has 0 aliphatic rings. The summed E-state index contributed by atoms with van der Waals surface area (Å²) in [6.45, 7) is 9.12. The van der Waals surface area contributed by atoms with E-state index >= 15 is 0 Å². The first kappa shape index (κ1) is 26.3. The second-order valence-corrected chi connectivity index (χ2v) is 7.65. The van der Waals surface area contributed by atoms with Crippen LogP contribution >= 0.6 is 0 Å². The van der Waals surface area contributed by atoms with Gasteiger partial charge < -0.3 is 23.8 Å². The lowest BCUT2D eigenvalue weighted by atomic mass is 10.1. The largest absolute Gasteiger partial charge is 0.493 e. The average molecular weight is 456 g/mol. The Hall–Kier alpha value is -2.99.